The summed E-state index contributed by atoms with van der Waals surface area (Å²) in [5.74, 6) is -1.12. The van der Waals surface area contributed by atoms with Gasteiger partial charge in [-0.25, -0.2) is 4.79 Å². The number of benzene rings is 1. The number of anilines is 2. The summed E-state index contributed by atoms with van der Waals surface area (Å²) in [5.41, 5.74) is 1.54. The molecule has 2 aromatic rings. The van der Waals surface area contributed by atoms with E-state index in [2.05, 4.69) is 15.2 Å². The van der Waals surface area contributed by atoms with Crippen LogP contribution in [0.15, 0.2) is 47.4 Å². The summed E-state index contributed by atoms with van der Waals surface area (Å²) in [6.45, 7) is 2.68. The number of esters is 1. The van der Waals surface area contributed by atoms with Crippen molar-refractivity contribution >= 4 is 23.3 Å². The van der Waals surface area contributed by atoms with Crippen molar-refractivity contribution in [1.82, 2.24) is 4.98 Å². The zero-order chi connectivity index (χ0) is 18.4. The fourth-order valence-corrected chi connectivity index (χ4v) is 2.53. The molecule has 0 unspecified atom stereocenters. The first-order valence-electron chi connectivity index (χ1n) is 8.20. The van der Waals surface area contributed by atoms with Crippen LogP contribution in [0.3, 0.4) is 0 Å². The number of pyridine rings is 1. The summed E-state index contributed by atoms with van der Waals surface area (Å²) >= 11 is 0. The Morgan fingerprint density at radius 1 is 1.12 bits per heavy atom. The highest BCUT2D eigenvalue weighted by atomic mass is 16.5. The number of aromatic nitrogens is 1. The largest absolute Gasteiger partial charge is 0.452 e. The molecule has 8 heteroatoms. The molecule has 1 aliphatic heterocycles. The Hall–Kier alpha value is -3.13. The van der Waals surface area contributed by atoms with Gasteiger partial charge in [-0.2, -0.15) is 0 Å². The van der Waals surface area contributed by atoms with Gasteiger partial charge < -0.3 is 24.7 Å². The fraction of sp³-hybridized carbons (Fsp3) is 0.278. The third-order valence-electron chi connectivity index (χ3n) is 3.88. The Morgan fingerprint density at radius 2 is 1.85 bits per heavy atom. The van der Waals surface area contributed by atoms with Gasteiger partial charge in [0.1, 0.15) is 0 Å². The molecule has 1 saturated heterocycles. The first kappa shape index (κ1) is 17.7. The molecule has 0 atom stereocenters. The van der Waals surface area contributed by atoms with E-state index in [0.29, 0.717) is 18.9 Å². The third kappa shape index (κ3) is 4.70. The zero-order valence-corrected chi connectivity index (χ0v) is 14.1. The average molecular weight is 357 g/mol. The molecule has 1 aliphatic rings. The van der Waals surface area contributed by atoms with Gasteiger partial charge in [0.2, 0.25) is 5.56 Å². The van der Waals surface area contributed by atoms with Crippen molar-refractivity contribution in [2.75, 3.05) is 43.1 Å². The molecule has 1 aromatic carbocycles. The molecule has 26 heavy (non-hydrogen) atoms. The molecular formula is C18H19N3O5. The fourth-order valence-electron chi connectivity index (χ4n) is 2.53. The number of rotatable bonds is 5. The Kier molecular flexibility index (Phi) is 5.65. The van der Waals surface area contributed by atoms with Crippen LogP contribution >= 0.6 is 0 Å². The molecule has 0 bridgehead atoms. The normalized spacial score (nSPS) is 13.9. The Morgan fingerprint density at radius 3 is 2.50 bits per heavy atom. The van der Waals surface area contributed by atoms with Gasteiger partial charge in [0.25, 0.3) is 5.91 Å². The summed E-state index contributed by atoms with van der Waals surface area (Å²) < 4.78 is 10.2. The van der Waals surface area contributed by atoms with Crippen LogP contribution in [0, 0.1) is 0 Å². The predicted molar refractivity (Wildman–Crippen MR) is 95.4 cm³/mol. The van der Waals surface area contributed by atoms with E-state index in [9.17, 15) is 14.4 Å². The minimum atomic E-state index is -0.681. The topological polar surface area (TPSA) is 101 Å². The van der Waals surface area contributed by atoms with Crippen molar-refractivity contribution in [2.45, 2.75) is 0 Å². The molecule has 0 spiro atoms. The zero-order valence-electron chi connectivity index (χ0n) is 14.1. The Bertz CT molecular complexity index is 805. The standard InChI is InChI=1S/C18H19N3O5/c22-16-6-1-13(11-19-16)18(24)26-12-17(23)20-14-2-4-15(5-3-14)21-7-9-25-10-8-21/h1-6,11H,7-10,12H2,(H,19,22)(H,20,23). The lowest BCUT2D eigenvalue weighted by molar-refractivity contribution is -0.119. The smallest absolute Gasteiger partial charge is 0.340 e. The van der Waals surface area contributed by atoms with Gasteiger partial charge in [0.05, 0.1) is 18.8 Å². The summed E-state index contributed by atoms with van der Waals surface area (Å²) in [6, 6.07) is 10.00. The summed E-state index contributed by atoms with van der Waals surface area (Å²) in [5, 5.41) is 2.67. The lowest BCUT2D eigenvalue weighted by Gasteiger charge is -2.28. The van der Waals surface area contributed by atoms with Gasteiger partial charge in [-0.05, 0) is 30.3 Å². The summed E-state index contributed by atoms with van der Waals surface area (Å²) in [6.07, 6.45) is 1.24. The Labute approximate surface area is 149 Å². The van der Waals surface area contributed by atoms with E-state index in [1.807, 2.05) is 12.1 Å². The van der Waals surface area contributed by atoms with Crippen LogP contribution in [-0.2, 0) is 14.3 Å². The molecule has 0 saturated carbocycles. The molecule has 2 heterocycles. The maximum Gasteiger partial charge on any atom is 0.340 e. The van der Waals surface area contributed by atoms with Gasteiger partial charge in [0, 0.05) is 36.7 Å². The quantitative estimate of drug-likeness (QED) is 0.775. The highest BCUT2D eigenvalue weighted by molar-refractivity contribution is 5.95. The minimum Gasteiger partial charge on any atom is -0.452 e. The lowest BCUT2D eigenvalue weighted by atomic mass is 10.2. The number of hydrogen-bond donors (Lipinski definition) is 2. The number of H-pyrrole nitrogens is 1. The molecule has 0 aliphatic carbocycles. The van der Waals surface area contributed by atoms with Crippen LogP contribution in [0.25, 0.3) is 0 Å². The van der Waals surface area contributed by atoms with Crippen LogP contribution < -0.4 is 15.8 Å². The first-order valence-corrected chi connectivity index (χ1v) is 8.20. The van der Waals surface area contributed by atoms with Gasteiger partial charge in [-0.3, -0.25) is 9.59 Å². The number of morpholine rings is 1. The van der Waals surface area contributed by atoms with E-state index in [4.69, 9.17) is 9.47 Å². The van der Waals surface area contributed by atoms with E-state index in [1.165, 1.54) is 18.3 Å². The second-order valence-electron chi connectivity index (χ2n) is 5.71. The van der Waals surface area contributed by atoms with E-state index >= 15 is 0 Å². The van der Waals surface area contributed by atoms with Crippen molar-refractivity contribution in [2.24, 2.45) is 0 Å². The molecule has 3 rings (SSSR count). The van der Waals surface area contributed by atoms with Crippen LogP contribution in [0.5, 0.6) is 0 Å². The maximum absolute atomic E-state index is 11.9. The van der Waals surface area contributed by atoms with E-state index in [-0.39, 0.29) is 11.1 Å². The van der Waals surface area contributed by atoms with Crippen LogP contribution in [-0.4, -0.2) is 49.8 Å². The van der Waals surface area contributed by atoms with Gasteiger partial charge in [-0.1, -0.05) is 0 Å². The highest BCUT2D eigenvalue weighted by Gasteiger charge is 2.12. The SMILES string of the molecule is O=C(COC(=O)c1ccc(=O)[nH]c1)Nc1ccc(N2CCOCC2)cc1. The van der Waals surface area contributed by atoms with E-state index < -0.39 is 18.5 Å². The van der Waals surface area contributed by atoms with Crippen molar-refractivity contribution in [1.29, 1.82) is 0 Å². The second-order valence-corrected chi connectivity index (χ2v) is 5.71. The van der Waals surface area contributed by atoms with Crippen molar-refractivity contribution in [3.05, 3.63) is 58.5 Å². The third-order valence-corrected chi connectivity index (χ3v) is 3.88. The Balaban J connectivity index is 1.49. The molecule has 1 aromatic heterocycles. The van der Waals surface area contributed by atoms with Gasteiger partial charge in [-0.15, -0.1) is 0 Å². The molecule has 136 valence electrons. The van der Waals surface area contributed by atoms with Crippen LogP contribution in [0.4, 0.5) is 11.4 Å². The monoisotopic (exact) mass is 357 g/mol. The first-order chi connectivity index (χ1) is 12.6. The lowest BCUT2D eigenvalue weighted by Crippen LogP contribution is -2.36. The molecular weight excluding hydrogens is 338 g/mol. The van der Waals surface area contributed by atoms with Crippen LogP contribution in [0.1, 0.15) is 10.4 Å². The van der Waals surface area contributed by atoms with Gasteiger partial charge in [0.15, 0.2) is 6.61 Å². The minimum absolute atomic E-state index is 0.173. The number of nitrogens with zero attached hydrogens (tertiary/aromatic N) is 1. The number of ether oxygens (including phenoxy) is 2. The number of aromatic amines is 1. The van der Waals surface area contributed by atoms with Crippen molar-refractivity contribution in [3.63, 3.8) is 0 Å². The number of amides is 1. The highest BCUT2D eigenvalue weighted by Crippen LogP contribution is 2.19. The predicted octanol–water partition coefficient (Wildman–Crippen LogP) is 1.01. The summed E-state index contributed by atoms with van der Waals surface area (Å²) in [4.78, 5) is 39.2. The number of carbonyl (C=O) groups excluding carboxylic acids is 2. The second kappa shape index (κ2) is 8.30. The van der Waals surface area contributed by atoms with Crippen molar-refractivity contribution in [3.8, 4) is 0 Å². The average Bonchev–Trinajstić information content (AvgIpc) is 2.68. The number of nitrogens with one attached hydrogen (secondary N) is 2. The number of hydrogen-bond acceptors (Lipinski definition) is 6. The van der Waals surface area contributed by atoms with Gasteiger partial charge >= 0.3 is 5.97 Å². The van der Waals surface area contributed by atoms with Crippen molar-refractivity contribution < 1.29 is 19.1 Å². The number of carbonyl (C=O) groups is 2. The molecule has 1 fully saturated rings. The van der Waals surface area contributed by atoms with E-state index in [0.717, 1.165) is 18.8 Å². The molecule has 0 radical (unpaired) electrons. The van der Waals surface area contributed by atoms with E-state index in [1.54, 1.807) is 12.1 Å². The molecule has 2 N–H and O–H groups in total. The summed E-state index contributed by atoms with van der Waals surface area (Å²) in [7, 11) is 0. The molecule has 8 nitrogen and oxygen atoms in total. The molecule has 1 amide bonds. The van der Waals surface area contributed by atoms with Crippen LogP contribution in [0.2, 0.25) is 0 Å². The maximum atomic E-state index is 11.9.